The summed E-state index contributed by atoms with van der Waals surface area (Å²) >= 11 is 6.21. The first-order valence-corrected chi connectivity index (χ1v) is 14.4. The van der Waals surface area contributed by atoms with Crippen LogP contribution in [0, 0.1) is 0 Å². The largest absolute Gasteiger partial charge is 0.351 e. The Morgan fingerprint density at radius 3 is 2.47 bits per heavy atom. The number of fused-ring (bicyclic) bond motifs is 2. The van der Waals surface area contributed by atoms with Crippen LogP contribution in [0.2, 0.25) is 5.02 Å². The van der Waals surface area contributed by atoms with Gasteiger partial charge in [-0.3, -0.25) is 14.5 Å². The van der Waals surface area contributed by atoms with E-state index in [0.29, 0.717) is 38.2 Å². The fraction of sp³-hybridized carbons (Fsp3) is 0.310. The molecule has 0 unspecified atom stereocenters. The first-order chi connectivity index (χ1) is 18.4. The second-order valence-electron chi connectivity index (χ2n) is 9.50. The molecule has 5 rings (SSSR count). The minimum Gasteiger partial charge on any atom is -0.351 e. The number of carbonyl (C=O) groups is 2. The number of rotatable bonds is 7. The molecule has 1 atom stereocenters. The Hall–Kier alpha value is -3.04. The maximum atomic E-state index is 13.8. The molecule has 0 radical (unpaired) electrons. The van der Waals surface area contributed by atoms with E-state index in [4.69, 9.17) is 11.6 Å². The molecule has 2 heterocycles. The van der Waals surface area contributed by atoms with Crippen molar-refractivity contribution in [3.63, 3.8) is 0 Å². The van der Waals surface area contributed by atoms with Crippen LogP contribution in [0.3, 0.4) is 0 Å². The number of hydrogen-bond acceptors (Lipinski definition) is 5. The van der Waals surface area contributed by atoms with E-state index < -0.39 is 10.8 Å². The number of nitrogens with one attached hydrogen (secondary N) is 1. The summed E-state index contributed by atoms with van der Waals surface area (Å²) < 4.78 is 13.6. The summed E-state index contributed by atoms with van der Waals surface area (Å²) in [5.74, 6) is -0.487. The van der Waals surface area contributed by atoms with Gasteiger partial charge in [0.25, 0.3) is 11.8 Å². The van der Waals surface area contributed by atoms with Gasteiger partial charge in [-0.2, -0.15) is 0 Å². The molecule has 1 saturated heterocycles. The molecule has 7 nitrogen and oxygen atoms in total. The first-order valence-electron chi connectivity index (χ1n) is 12.9. The number of carbonyl (C=O) groups excluding carboxylic acids is 2. The van der Waals surface area contributed by atoms with Gasteiger partial charge < -0.3 is 15.1 Å². The molecule has 198 valence electrons. The van der Waals surface area contributed by atoms with Crippen LogP contribution in [0.1, 0.15) is 33.2 Å². The zero-order valence-electron chi connectivity index (χ0n) is 21.4. The standard InChI is InChI=1S/C29H31ClN4O3S/c1-2-32-14-16-33(17-15-32)13-12-31-28(35)22-10-11-27-25(19-22)34(20-21-6-5-7-23(30)18-21)29(36)24-8-3-4-9-26(24)38(27)37/h3-11,18-19H,2,12-17,20H2,1H3,(H,31,35)/t38-/m0/s1. The van der Waals surface area contributed by atoms with Gasteiger partial charge in [-0.25, -0.2) is 4.21 Å². The van der Waals surface area contributed by atoms with Crippen LogP contribution in [0.5, 0.6) is 0 Å². The Balaban J connectivity index is 1.40. The Morgan fingerprint density at radius 1 is 0.947 bits per heavy atom. The van der Waals surface area contributed by atoms with Crippen LogP contribution < -0.4 is 10.2 Å². The highest BCUT2D eigenvalue weighted by molar-refractivity contribution is 7.85. The number of halogens is 1. The van der Waals surface area contributed by atoms with Crippen LogP contribution in [-0.4, -0.2) is 71.6 Å². The molecule has 2 aliphatic rings. The molecule has 0 aromatic heterocycles. The molecular weight excluding hydrogens is 520 g/mol. The van der Waals surface area contributed by atoms with Crippen molar-refractivity contribution in [2.45, 2.75) is 23.3 Å². The quantitative estimate of drug-likeness (QED) is 0.481. The lowest BCUT2D eigenvalue weighted by molar-refractivity contribution is 0.0935. The van der Waals surface area contributed by atoms with Gasteiger partial charge in [0, 0.05) is 49.9 Å². The molecule has 2 amide bonds. The molecule has 3 aromatic rings. The van der Waals surface area contributed by atoms with Crippen LogP contribution >= 0.6 is 11.6 Å². The van der Waals surface area contributed by atoms with Crippen molar-refractivity contribution in [2.75, 3.05) is 50.7 Å². The normalized spacial score (nSPS) is 18.0. The third kappa shape index (κ3) is 5.68. The Morgan fingerprint density at radius 2 is 1.71 bits per heavy atom. The third-order valence-electron chi connectivity index (χ3n) is 7.13. The molecule has 3 aromatic carbocycles. The van der Waals surface area contributed by atoms with Gasteiger partial charge >= 0.3 is 0 Å². The topological polar surface area (TPSA) is 73.0 Å². The van der Waals surface area contributed by atoms with E-state index in [1.165, 1.54) is 0 Å². The average molecular weight is 551 g/mol. The third-order valence-corrected chi connectivity index (χ3v) is 8.86. The van der Waals surface area contributed by atoms with Crippen molar-refractivity contribution in [1.29, 1.82) is 0 Å². The van der Waals surface area contributed by atoms with E-state index in [1.807, 2.05) is 12.1 Å². The molecule has 0 spiro atoms. The number of piperazine rings is 1. The lowest BCUT2D eigenvalue weighted by Gasteiger charge is -2.33. The molecule has 0 bridgehead atoms. The summed E-state index contributed by atoms with van der Waals surface area (Å²) in [5, 5.41) is 3.58. The van der Waals surface area contributed by atoms with Crippen molar-refractivity contribution in [3.05, 3.63) is 88.4 Å². The number of nitrogens with zero attached hydrogens (tertiary/aromatic N) is 3. The van der Waals surface area contributed by atoms with E-state index in [1.54, 1.807) is 59.5 Å². The van der Waals surface area contributed by atoms with Crippen molar-refractivity contribution in [1.82, 2.24) is 15.1 Å². The maximum Gasteiger partial charge on any atom is 0.259 e. The second-order valence-corrected chi connectivity index (χ2v) is 11.4. The highest BCUT2D eigenvalue weighted by Crippen LogP contribution is 2.36. The van der Waals surface area contributed by atoms with Crippen LogP contribution in [-0.2, 0) is 17.3 Å². The van der Waals surface area contributed by atoms with Crippen LogP contribution in [0.4, 0.5) is 5.69 Å². The molecule has 9 heteroatoms. The fourth-order valence-corrected chi connectivity index (χ4v) is 6.50. The van der Waals surface area contributed by atoms with Crippen LogP contribution in [0.15, 0.2) is 76.5 Å². The summed E-state index contributed by atoms with van der Waals surface area (Å²) in [6.45, 7) is 8.87. The number of hydrogen-bond donors (Lipinski definition) is 1. The monoisotopic (exact) mass is 550 g/mol. The van der Waals surface area contributed by atoms with E-state index >= 15 is 0 Å². The van der Waals surface area contributed by atoms with E-state index in [2.05, 4.69) is 22.0 Å². The predicted molar refractivity (Wildman–Crippen MR) is 150 cm³/mol. The lowest BCUT2D eigenvalue weighted by atomic mass is 10.1. The molecular formula is C29H31ClN4O3S. The Labute approximate surface area is 230 Å². The number of amides is 2. The minimum absolute atomic E-state index is 0.220. The van der Waals surface area contributed by atoms with Gasteiger partial charge in [0.15, 0.2) is 0 Å². The van der Waals surface area contributed by atoms with Crippen molar-refractivity contribution < 1.29 is 13.8 Å². The van der Waals surface area contributed by atoms with E-state index in [-0.39, 0.29) is 18.4 Å². The van der Waals surface area contributed by atoms with Gasteiger partial charge in [-0.1, -0.05) is 42.8 Å². The van der Waals surface area contributed by atoms with E-state index in [9.17, 15) is 13.8 Å². The van der Waals surface area contributed by atoms with Gasteiger partial charge in [0.1, 0.15) is 0 Å². The SMILES string of the molecule is CCN1CCN(CCNC(=O)c2ccc3c(c2)N(Cc2cccc(Cl)c2)C(=O)c2ccccc2[S@@]3=O)CC1. The summed E-state index contributed by atoms with van der Waals surface area (Å²) in [6, 6.07) is 19.3. The predicted octanol–water partition coefficient (Wildman–Crippen LogP) is 4.03. The zero-order chi connectivity index (χ0) is 26.6. The Bertz CT molecular complexity index is 1370. The summed E-state index contributed by atoms with van der Waals surface area (Å²) in [6.07, 6.45) is 0. The lowest BCUT2D eigenvalue weighted by Crippen LogP contribution is -2.48. The van der Waals surface area contributed by atoms with Gasteiger partial charge in [0.2, 0.25) is 0 Å². The van der Waals surface area contributed by atoms with Gasteiger partial charge in [-0.05, 0) is 54.6 Å². The summed E-state index contributed by atoms with van der Waals surface area (Å²) in [5.41, 5.74) is 2.11. The maximum absolute atomic E-state index is 13.8. The van der Waals surface area contributed by atoms with Crippen molar-refractivity contribution >= 4 is 39.9 Å². The molecule has 1 N–H and O–H groups in total. The van der Waals surface area contributed by atoms with E-state index in [0.717, 1.165) is 44.8 Å². The van der Waals surface area contributed by atoms with Crippen molar-refractivity contribution in [3.8, 4) is 0 Å². The number of benzene rings is 3. The number of likely N-dealkylation sites (N-methyl/N-ethyl adjacent to an activating group) is 1. The molecule has 38 heavy (non-hydrogen) atoms. The molecule has 1 fully saturated rings. The highest BCUT2D eigenvalue weighted by Gasteiger charge is 2.31. The molecule has 0 saturated carbocycles. The van der Waals surface area contributed by atoms with Crippen LogP contribution in [0.25, 0.3) is 0 Å². The molecule has 2 aliphatic heterocycles. The van der Waals surface area contributed by atoms with Crippen molar-refractivity contribution in [2.24, 2.45) is 0 Å². The number of anilines is 1. The Kier molecular flexibility index (Phi) is 8.24. The average Bonchev–Trinajstić information content (AvgIpc) is 3.02. The van der Waals surface area contributed by atoms with Gasteiger partial charge in [-0.15, -0.1) is 0 Å². The molecule has 0 aliphatic carbocycles. The smallest absolute Gasteiger partial charge is 0.259 e. The highest BCUT2D eigenvalue weighted by atomic mass is 35.5. The zero-order valence-corrected chi connectivity index (χ0v) is 22.9. The first kappa shape index (κ1) is 26.6. The fourth-order valence-electron chi connectivity index (χ4n) is 4.94. The summed E-state index contributed by atoms with van der Waals surface area (Å²) in [4.78, 5) is 34.2. The summed E-state index contributed by atoms with van der Waals surface area (Å²) in [7, 11) is -1.58. The van der Waals surface area contributed by atoms with Gasteiger partial charge in [0.05, 0.1) is 38.4 Å². The minimum atomic E-state index is -1.58. The second kappa shape index (κ2) is 11.8.